The topological polar surface area (TPSA) is 91.7 Å². The van der Waals surface area contributed by atoms with Crippen molar-refractivity contribution in [1.82, 2.24) is 34.9 Å². The first-order chi connectivity index (χ1) is 25.0. The lowest BCUT2D eigenvalue weighted by atomic mass is 10.0. The molecule has 5 aromatic rings. The molecule has 2 aliphatic rings. The Morgan fingerprint density at radius 2 is 1.40 bits per heavy atom. The smallest absolute Gasteiger partial charge is 0.356 e. The van der Waals surface area contributed by atoms with Crippen LogP contribution >= 0.6 is 0 Å². The molecule has 2 fully saturated rings. The van der Waals surface area contributed by atoms with Crippen molar-refractivity contribution < 1.29 is 26.3 Å². The Kier molecular flexibility index (Phi) is 10.5. The Morgan fingerprint density at radius 3 is 1.89 bits per heavy atom. The van der Waals surface area contributed by atoms with E-state index in [1.54, 1.807) is 29.6 Å². The van der Waals surface area contributed by atoms with Crippen LogP contribution in [0.25, 0.3) is 22.3 Å². The summed E-state index contributed by atoms with van der Waals surface area (Å²) >= 11 is 0. The number of H-pyrrole nitrogens is 1. The summed E-state index contributed by atoms with van der Waals surface area (Å²) in [5, 5.41) is 12.4. The summed E-state index contributed by atoms with van der Waals surface area (Å²) in [4.78, 5) is 18.3. The highest BCUT2D eigenvalue weighted by molar-refractivity contribution is 5.82. The van der Waals surface area contributed by atoms with Crippen molar-refractivity contribution in [2.75, 3.05) is 22.9 Å². The van der Waals surface area contributed by atoms with Crippen molar-refractivity contribution in [2.24, 2.45) is 11.8 Å². The lowest BCUT2D eigenvalue weighted by Gasteiger charge is -2.30. The van der Waals surface area contributed by atoms with E-state index in [0.717, 1.165) is 79.0 Å². The number of nitrogens with one attached hydrogen (secondary N) is 1. The molecule has 0 saturated heterocycles. The third kappa shape index (κ3) is 8.93. The lowest BCUT2D eigenvalue weighted by molar-refractivity contribution is -0.143. The van der Waals surface area contributed by atoms with Crippen LogP contribution in [0.3, 0.4) is 0 Å². The van der Waals surface area contributed by atoms with Crippen molar-refractivity contribution in [3.63, 3.8) is 0 Å². The molecule has 0 unspecified atom stereocenters. The molecule has 2 aliphatic carbocycles. The summed E-state index contributed by atoms with van der Waals surface area (Å²) in [6.07, 6.45) is -0.815. The standard InChI is InChI=1S/C36H39F6N9.C2H6/c1-21-29-13-25(31(46-32(29)51(48-21)34(2,3)4)49(17-22-5-6-22)18-23-7-8-23)20-50(33-43-15-26(16-44-33)30-9-10-45-47-30)19-24-11-27(35(37,38)39)14-28(12-24)36(40,41)42;1-2/h9-16,22-23H,5-8,17-20H2,1-4H3,(H,45,47);1-2H3. The minimum Gasteiger partial charge on any atom is -0.356 e. The van der Waals surface area contributed by atoms with E-state index in [1.807, 2.05) is 31.5 Å². The Balaban J connectivity index is 0.00000236. The predicted molar refractivity (Wildman–Crippen MR) is 192 cm³/mol. The molecule has 2 saturated carbocycles. The van der Waals surface area contributed by atoms with Crippen LogP contribution in [0.15, 0.2) is 48.9 Å². The van der Waals surface area contributed by atoms with Gasteiger partial charge in [0.05, 0.1) is 28.1 Å². The van der Waals surface area contributed by atoms with Crippen LogP contribution in [-0.2, 0) is 31.0 Å². The van der Waals surface area contributed by atoms with Crippen LogP contribution in [0.5, 0.6) is 0 Å². The van der Waals surface area contributed by atoms with Crippen LogP contribution in [0.2, 0.25) is 0 Å². The molecule has 53 heavy (non-hydrogen) atoms. The number of alkyl halides is 6. The fourth-order valence-corrected chi connectivity index (χ4v) is 6.32. The molecule has 0 spiro atoms. The number of fused-ring (bicyclic) bond motifs is 1. The summed E-state index contributed by atoms with van der Waals surface area (Å²) in [6.45, 7) is 13.4. The van der Waals surface area contributed by atoms with E-state index >= 15 is 0 Å². The Labute approximate surface area is 304 Å². The van der Waals surface area contributed by atoms with Gasteiger partial charge in [-0.3, -0.25) is 5.10 Å². The number of hydrogen-bond acceptors (Lipinski definition) is 7. The zero-order valence-electron chi connectivity index (χ0n) is 30.8. The third-order valence-electron chi connectivity index (χ3n) is 9.30. The lowest BCUT2D eigenvalue weighted by Crippen LogP contribution is -2.32. The Bertz CT molecular complexity index is 1960. The van der Waals surface area contributed by atoms with Gasteiger partial charge in [0.15, 0.2) is 5.65 Å². The highest BCUT2D eigenvalue weighted by Gasteiger charge is 2.38. The number of aromatic amines is 1. The van der Waals surface area contributed by atoms with Crippen LogP contribution in [0, 0.1) is 18.8 Å². The summed E-state index contributed by atoms with van der Waals surface area (Å²) in [6, 6.07) is 5.40. The zero-order chi connectivity index (χ0) is 38.3. The molecule has 0 atom stereocenters. The fourth-order valence-electron chi connectivity index (χ4n) is 6.32. The highest BCUT2D eigenvalue weighted by atomic mass is 19.4. The zero-order valence-corrected chi connectivity index (χ0v) is 30.8. The van der Waals surface area contributed by atoms with E-state index in [-0.39, 0.29) is 36.2 Å². The van der Waals surface area contributed by atoms with Gasteiger partial charge in [-0.25, -0.2) is 19.6 Å². The van der Waals surface area contributed by atoms with Gasteiger partial charge in [0.1, 0.15) is 5.82 Å². The molecule has 15 heteroatoms. The van der Waals surface area contributed by atoms with E-state index in [1.165, 1.54) is 0 Å². The predicted octanol–water partition coefficient (Wildman–Crippen LogP) is 9.57. The number of anilines is 2. The van der Waals surface area contributed by atoms with Crippen LogP contribution in [0.4, 0.5) is 38.1 Å². The molecular weight excluding hydrogens is 696 g/mol. The molecule has 1 N–H and O–H groups in total. The monoisotopic (exact) mass is 741 g/mol. The summed E-state index contributed by atoms with van der Waals surface area (Å²) in [7, 11) is 0. The van der Waals surface area contributed by atoms with Gasteiger partial charge < -0.3 is 9.80 Å². The summed E-state index contributed by atoms with van der Waals surface area (Å²) in [5.74, 6) is 1.92. The Hall–Kier alpha value is -4.69. The molecule has 4 heterocycles. The number of aromatic nitrogens is 7. The number of halogens is 6. The molecular formula is C38H45F6N9. The van der Waals surface area contributed by atoms with E-state index in [0.29, 0.717) is 23.1 Å². The molecule has 0 aliphatic heterocycles. The maximum atomic E-state index is 13.9. The van der Waals surface area contributed by atoms with Crippen molar-refractivity contribution in [2.45, 2.75) is 98.2 Å². The highest BCUT2D eigenvalue weighted by Crippen LogP contribution is 2.40. The number of aryl methyl sites for hydroxylation is 1. The van der Waals surface area contributed by atoms with Gasteiger partial charge >= 0.3 is 12.4 Å². The maximum Gasteiger partial charge on any atom is 0.416 e. The van der Waals surface area contributed by atoms with E-state index in [9.17, 15) is 26.3 Å². The second kappa shape index (κ2) is 14.6. The van der Waals surface area contributed by atoms with Crippen LogP contribution < -0.4 is 9.80 Å². The van der Waals surface area contributed by atoms with Gasteiger partial charge in [-0.2, -0.15) is 36.5 Å². The second-order valence-corrected chi connectivity index (χ2v) is 14.8. The molecule has 284 valence electrons. The molecule has 7 rings (SSSR count). The maximum absolute atomic E-state index is 13.9. The minimum atomic E-state index is -4.98. The van der Waals surface area contributed by atoms with Gasteiger partial charge in [-0.15, -0.1) is 0 Å². The first-order valence-electron chi connectivity index (χ1n) is 18.0. The third-order valence-corrected chi connectivity index (χ3v) is 9.30. The first-order valence-corrected chi connectivity index (χ1v) is 18.0. The van der Waals surface area contributed by atoms with Crippen molar-refractivity contribution in [3.8, 4) is 11.3 Å². The molecule has 0 radical (unpaired) electrons. The molecule has 4 aromatic heterocycles. The van der Waals surface area contributed by atoms with Crippen molar-refractivity contribution in [1.29, 1.82) is 0 Å². The SMILES string of the molecule is CC.Cc1nn(C(C)(C)C)c2nc(N(CC3CC3)CC3CC3)c(CN(Cc3cc(C(F)(F)F)cc(C(F)(F)F)c3)c3ncc(-c4ccn[nH]4)cn3)cc12. The van der Waals surface area contributed by atoms with Crippen LogP contribution in [0.1, 0.15) is 88.2 Å². The number of benzene rings is 1. The molecule has 0 amide bonds. The van der Waals surface area contributed by atoms with Crippen LogP contribution in [-0.4, -0.2) is 48.0 Å². The summed E-state index contributed by atoms with van der Waals surface area (Å²) in [5.41, 5.74) is 0.192. The largest absolute Gasteiger partial charge is 0.416 e. The Morgan fingerprint density at radius 1 is 0.811 bits per heavy atom. The van der Waals surface area contributed by atoms with Gasteiger partial charge in [0.25, 0.3) is 0 Å². The number of rotatable bonds is 11. The van der Waals surface area contributed by atoms with E-state index in [4.69, 9.17) is 10.1 Å². The number of hydrogen-bond donors (Lipinski definition) is 1. The van der Waals surface area contributed by atoms with E-state index in [2.05, 4.69) is 45.8 Å². The average Bonchev–Trinajstić information content (AvgIpc) is 4.02. The average molecular weight is 742 g/mol. The summed E-state index contributed by atoms with van der Waals surface area (Å²) < 4.78 is 85.4. The van der Waals surface area contributed by atoms with Gasteiger partial charge in [-0.05, 0) is 101 Å². The molecule has 1 aromatic carbocycles. The van der Waals surface area contributed by atoms with E-state index < -0.39 is 23.5 Å². The van der Waals surface area contributed by atoms with Gasteiger partial charge in [-0.1, -0.05) is 13.8 Å². The second-order valence-electron chi connectivity index (χ2n) is 14.8. The molecule has 9 nitrogen and oxygen atoms in total. The fraction of sp³-hybridized carbons (Fsp3) is 0.500. The normalized spacial score (nSPS) is 15.0. The molecule has 0 bridgehead atoms. The quantitative estimate of drug-likeness (QED) is 0.135. The number of pyridine rings is 1. The number of nitrogens with zero attached hydrogens (tertiary/aromatic N) is 8. The van der Waals surface area contributed by atoms with Gasteiger partial charge in [0.2, 0.25) is 5.95 Å². The van der Waals surface area contributed by atoms with Crippen molar-refractivity contribution >= 4 is 22.8 Å². The first kappa shape index (κ1) is 38.0. The minimum absolute atomic E-state index is 0.0608. The van der Waals surface area contributed by atoms with Gasteiger partial charge in [0, 0.05) is 61.3 Å². The van der Waals surface area contributed by atoms with Crippen molar-refractivity contribution in [3.05, 3.63) is 76.9 Å².